The monoisotopic (exact) mass is 299 g/mol. The highest BCUT2D eigenvalue weighted by Crippen LogP contribution is 2.20. The molecule has 1 amide bonds. The van der Waals surface area contributed by atoms with Crippen molar-refractivity contribution in [3.05, 3.63) is 53.6 Å². The van der Waals surface area contributed by atoms with Crippen LogP contribution in [-0.4, -0.2) is 41.7 Å². The summed E-state index contributed by atoms with van der Waals surface area (Å²) in [7, 11) is 0. The minimum absolute atomic E-state index is 0.214. The van der Waals surface area contributed by atoms with Crippen LogP contribution in [0.15, 0.2) is 36.5 Å². The van der Waals surface area contributed by atoms with Crippen molar-refractivity contribution in [2.45, 2.75) is 0 Å². The van der Waals surface area contributed by atoms with E-state index >= 15 is 0 Å². The van der Waals surface area contributed by atoms with E-state index in [9.17, 15) is 14.4 Å². The molecule has 0 unspecified atom stereocenters. The first kappa shape index (κ1) is 14.3. The van der Waals surface area contributed by atoms with Gasteiger partial charge in [0.1, 0.15) is 17.6 Å². The molecule has 0 aliphatic carbocycles. The fourth-order valence-corrected chi connectivity index (χ4v) is 2.47. The molecule has 0 spiro atoms. The van der Waals surface area contributed by atoms with Crippen LogP contribution in [0.1, 0.15) is 16.1 Å². The predicted molar refractivity (Wildman–Crippen MR) is 77.2 cm³/mol. The van der Waals surface area contributed by atoms with Crippen molar-refractivity contribution in [2.75, 3.05) is 26.3 Å². The van der Waals surface area contributed by atoms with Gasteiger partial charge in [-0.15, -0.1) is 0 Å². The molecule has 1 aliphatic heterocycles. The average molecular weight is 299 g/mol. The maximum Gasteiger partial charge on any atom is 0.272 e. The smallest absolute Gasteiger partial charge is 0.272 e. The lowest BCUT2D eigenvalue weighted by atomic mass is 10.2. The summed E-state index contributed by atoms with van der Waals surface area (Å²) in [5.41, 5.74) is 1.25. The highest BCUT2D eigenvalue weighted by molar-refractivity contribution is 5.96. The van der Waals surface area contributed by atoms with Gasteiger partial charge in [-0.1, -0.05) is 0 Å². The van der Waals surface area contributed by atoms with Crippen molar-refractivity contribution in [3.8, 4) is 11.8 Å². The molecule has 0 saturated carbocycles. The lowest BCUT2D eigenvalue weighted by Crippen LogP contribution is -2.41. The molecule has 1 aliphatic rings. The fourth-order valence-electron chi connectivity index (χ4n) is 2.47. The summed E-state index contributed by atoms with van der Waals surface area (Å²) < 4.78 is 19.9. The molecule has 0 N–H and O–H groups in total. The van der Waals surface area contributed by atoms with Gasteiger partial charge < -0.3 is 14.2 Å². The highest BCUT2D eigenvalue weighted by atomic mass is 19.1. The summed E-state index contributed by atoms with van der Waals surface area (Å²) in [5, 5.41) is 9.25. The number of hydrogen-bond acceptors (Lipinski definition) is 3. The van der Waals surface area contributed by atoms with E-state index in [1.807, 2.05) is 6.07 Å². The molecule has 6 heteroatoms. The van der Waals surface area contributed by atoms with E-state index in [0.717, 1.165) is 0 Å². The maximum atomic E-state index is 13.1. The quantitative estimate of drug-likeness (QED) is 0.851. The van der Waals surface area contributed by atoms with Crippen LogP contribution in [0.5, 0.6) is 0 Å². The molecule has 1 aromatic heterocycles. The molecule has 3 rings (SSSR count). The number of carbonyl (C=O) groups is 1. The van der Waals surface area contributed by atoms with E-state index < -0.39 is 0 Å². The summed E-state index contributed by atoms with van der Waals surface area (Å²) in [6.07, 6.45) is 1.65. The standard InChI is InChI=1S/C16H14FN3O2/c17-13-1-3-14(4-2-13)20-6-5-12(11-18)15(20)16(21)19-7-9-22-10-8-19/h1-6H,7-10H2. The van der Waals surface area contributed by atoms with E-state index in [2.05, 4.69) is 0 Å². The van der Waals surface area contributed by atoms with Crippen molar-refractivity contribution in [1.29, 1.82) is 5.26 Å². The first-order chi connectivity index (χ1) is 10.7. The topological polar surface area (TPSA) is 58.3 Å². The first-order valence-electron chi connectivity index (χ1n) is 6.95. The summed E-state index contributed by atoms with van der Waals surface area (Å²) >= 11 is 0. The summed E-state index contributed by atoms with van der Waals surface area (Å²) in [5.74, 6) is -0.563. The number of aromatic nitrogens is 1. The maximum absolute atomic E-state index is 13.1. The Morgan fingerprint density at radius 2 is 1.86 bits per heavy atom. The SMILES string of the molecule is N#Cc1ccn(-c2ccc(F)cc2)c1C(=O)N1CCOCC1. The van der Waals surface area contributed by atoms with Gasteiger partial charge >= 0.3 is 0 Å². The second-order valence-electron chi connectivity index (χ2n) is 4.94. The predicted octanol–water partition coefficient (Wildman–Crippen LogP) is 1.96. The third kappa shape index (κ3) is 2.59. The van der Waals surface area contributed by atoms with Crippen LogP contribution in [0.25, 0.3) is 5.69 Å². The molecule has 5 nitrogen and oxygen atoms in total. The van der Waals surface area contributed by atoms with E-state index in [1.54, 1.807) is 33.9 Å². The van der Waals surface area contributed by atoms with Crippen molar-refractivity contribution >= 4 is 5.91 Å². The fraction of sp³-hybridized carbons (Fsp3) is 0.250. The number of rotatable bonds is 2. The molecule has 1 fully saturated rings. The Labute approximate surface area is 127 Å². The van der Waals surface area contributed by atoms with Crippen LogP contribution in [0.2, 0.25) is 0 Å². The average Bonchev–Trinajstić information content (AvgIpc) is 2.99. The van der Waals surface area contributed by atoms with Gasteiger partial charge in [-0.3, -0.25) is 4.79 Å². The number of benzene rings is 1. The lowest BCUT2D eigenvalue weighted by molar-refractivity contribution is 0.0297. The Bertz CT molecular complexity index is 725. The summed E-state index contributed by atoms with van der Waals surface area (Å²) in [6.45, 7) is 1.98. The van der Waals surface area contributed by atoms with Gasteiger partial charge in [0.15, 0.2) is 0 Å². The number of amides is 1. The van der Waals surface area contributed by atoms with Crippen LogP contribution in [0.3, 0.4) is 0 Å². The molecule has 0 atom stereocenters. The molecular formula is C16H14FN3O2. The van der Waals surface area contributed by atoms with Gasteiger partial charge in [0.05, 0.1) is 18.8 Å². The van der Waals surface area contributed by atoms with Gasteiger partial charge in [-0.05, 0) is 30.3 Å². The second kappa shape index (κ2) is 6.00. The zero-order valence-electron chi connectivity index (χ0n) is 11.8. The van der Waals surface area contributed by atoms with Gasteiger partial charge in [-0.2, -0.15) is 5.26 Å². The molecule has 22 heavy (non-hydrogen) atoms. The van der Waals surface area contributed by atoms with E-state index in [0.29, 0.717) is 43.2 Å². The zero-order valence-corrected chi connectivity index (χ0v) is 11.8. The first-order valence-corrected chi connectivity index (χ1v) is 6.95. The van der Waals surface area contributed by atoms with Gasteiger partial charge in [0.2, 0.25) is 0 Å². The Kier molecular flexibility index (Phi) is 3.90. The van der Waals surface area contributed by atoms with Crippen LogP contribution in [0, 0.1) is 17.1 Å². The normalized spacial score (nSPS) is 14.6. The highest BCUT2D eigenvalue weighted by Gasteiger charge is 2.25. The summed E-state index contributed by atoms with van der Waals surface area (Å²) in [6, 6.07) is 9.44. The minimum atomic E-state index is -0.350. The van der Waals surface area contributed by atoms with Crippen LogP contribution in [-0.2, 0) is 4.74 Å². The number of carbonyl (C=O) groups excluding carboxylic acids is 1. The number of morpholine rings is 1. The summed E-state index contributed by atoms with van der Waals surface area (Å²) in [4.78, 5) is 14.4. The molecule has 112 valence electrons. The third-order valence-electron chi connectivity index (χ3n) is 3.61. The number of ether oxygens (including phenoxy) is 1. The molecule has 0 bridgehead atoms. The van der Waals surface area contributed by atoms with Gasteiger partial charge in [0.25, 0.3) is 5.91 Å². The van der Waals surface area contributed by atoms with Gasteiger partial charge in [-0.25, -0.2) is 4.39 Å². The molecular weight excluding hydrogens is 285 g/mol. The van der Waals surface area contributed by atoms with Crippen molar-refractivity contribution in [2.24, 2.45) is 0 Å². The number of halogens is 1. The van der Waals surface area contributed by atoms with Crippen molar-refractivity contribution < 1.29 is 13.9 Å². The molecule has 0 radical (unpaired) electrons. The van der Waals surface area contributed by atoms with Crippen LogP contribution >= 0.6 is 0 Å². The third-order valence-corrected chi connectivity index (χ3v) is 3.61. The van der Waals surface area contributed by atoms with E-state index in [1.165, 1.54) is 12.1 Å². The Hall–Kier alpha value is -2.65. The number of nitrogens with zero attached hydrogens (tertiary/aromatic N) is 3. The van der Waals surface area contributed by atoms with E-state index in [4.69, 9.17) is 4.74 Å². The minimum Gasteiger partial charge on any atom is -0.378 e. The van der Waals surface area contributed by atoms with Crippen LogP contribution < -0.4 is 0 Å². The molecule has 1 saturated heterocycles. The number of nitriles is 1. The number of hydrogen-bond donors (Lipinski definition) is 0. The zero-order chi connectivity index (χ0) is 15.5. The van der Waals surface area contributed by atoms with Gasteiger partial charge in [0, 0.05) is 25.0 Å². The second-order valence-corrected chi connectivity index (χ2v) is 4.94. The molecule has 1 aromatic carbocycles. The molecule has 2 aromatic rings. The Morgan fingerprint density at radius 1 is 1.18 bits per heavy atom. The molecule has 2 heterocycles. The Morgan fingerprint density at radius 3 is 2.50 bits per heavy atom. The van der Waals surface area contributed by atoms with Crippen LogP contribution in [0.4, 0.5) is 4.39 Å². The van der Waals surface area contributed by atoms with Crippen molar-refractivity contribution in [1.82, 2.24) is 9.47 Å². The Balaban J connectivity index is 2.02. The lowest BCUT2D eigenvalue weighted by Gasteiger charge is -2.27. The van der Waals surface area contributed by atoms with Crippen molar-refractivity contribution in [3.63, 3.8) is 0 Å². The largest absolute Gasteiger partial charge is 0.378 e. The van der Waals surface area contributed by atoms with E-state index in [-0.39, 0.29) is 11.7 Å².